The number of carbonyl (C=O) groups excluding carboxylic acids is 3. The van der Waals surface area contributed by atoms with Crippen molar-refractivity contribution in [3.63, 3.8) is 0 Å². The summed E-state index contributed by atoms with van der Waals surface area (Å²) in [7, 11) is 0. The van der Waals surface area contributed by atoms with Gasteiger partial charge in [0.1, 0.15) is 6.04 Å². The molecule has 2 atom stereocenters. The number of halogens is 2. The van der Waals surface area contributed by atoms with Crippen molar-refractivity contribution in [2.45, 2.75) is 19.4 Å². The molecule has 28 heavy (non-hydrogen) atoms. The van der Waals surface area contributed by atoms with Crippen LogP contribution in [0.25, 0.3) is 0 Å². The summed E-state index contributed by atoms with van der Waals surface area (Å²) in [5.41, 5.74) is 1.16. The largest absolute Gasteiger partial charge is 0.344 e. The summed E-state index contributed by atoms with van der Waals surface area (Å²) < 4.78 is 0. The number of nitrogens with one attached hydrogen (secondary N) is 2. The zero-order valence-electron chi connectivity index (χ0n) is 15.1. The van der Waals surface area contributed by atoms with Crippen molar-refractivity contribution in [3.8, 4) is 0 Å². The van der Waals surface area contributed by atoms with Crippen LogP contribution >= 0.6 is 23.2 Å². The number of carbonyl (C=O) groups is 3. The molecule has 1 heterocycles. The minimum Gasteiger partial charge on any atom is -0.344 e. The van der Waals surface area contributed by atoms with E-state index in [2.05, 4.69) is 10.6 Å². The van der Waals surface area contributed by atoms with E-state index in [1.807, 2.05) is 30.3 Å². The normalized spacial score (nSPS) is 17.3. The SMILES string of the molecule is C[C@H](NC(=O)[C@@H]1CC(=O)N(c2ccccc2)C1)C(=O)Nc1ccc(Cl)cc1Cl. The van der Waals surface area contributed by atoms with E-state index in [-0.39, 0.29) is 24.8 Å². The van der Waals surface area contributed by atoms with Crippen molar-refractivity contribution in [1.82, 2.24) is 5.32 Å². The van der Waals surface area contributed by atoms with E-state index in [4.69, 9.17) is 23.2 Å². The Bertz CT molecular complexity index is 905. The highest BCUT2D eigenvalue weighted by molar-refractivity contribution is 6.36. The Balaban J connectivity index is 1.58. The van der Waals surface area contributed by atoms with Gasteiger partial charge in [0.05, 0.1) is 16.6 Å². The van der Waals surface area contributed by atoms with Gasteiger partial charge in [-0.1, -0.05) is 41.4 Å². The zero-order valence-corrected chi connectivity index (χ0v) is 16.6. The molecule has 8 heteroatoms. The van der Waals surface area contributed by atoms with Crippen LogP contribution in [-0.2, 0) is 14.4 Å². The van der Waals surface area contributed by atoms with Crippen molar-refractivity contribution in [2.24, 2.45) is 5.92 Å². The third kappa shape index (κ3) is 4.64. The number of para-hydroxylation sites is 1. The monoisotopic (exact) mass is 419 g/mol. The molecule has 1 aliphatic heterocycles. The van der Waals surface area contributed by atoms with Crippen LogP contribution < -0.4 is 15.5 Å². The maximum absolute atomic E-state index is 12.5. The molecule has 6 nitrogen and oxygen atoms in total. The number of hydrogen-bond donors (Lipinski definition) is 2. The molecule has 0 bridgehead atoms. The van der Waals surface area contributed by atoms with Crippen LogP contribution in [0.2, 0.25) is 10.0 Å². The van der Waals surface area contributed by atoms with E-state index in [0.29, 0.717) is 15.7 Å². The van der Waals surface area contributed by atoms with Gasteiger partial charge in [-0.25, -0.2) is 0 Å². The third-order valence-corrected chi connectivity index (χ3v) is 5.05. The van der Waals surface area contributed by atoms with Crippen molar-refractivity contribution in [3.05, 3.63) is 58.6 Å². The van der Waals surface area contributed by atoms with Gasteiger partial charge in [-0.05, 0) is 37.3 Å². The van der Waals surface area contributed by atoms with E-state index in [1.54, 1.807) is 24.0 Å². The van der Waals surface area contributed by atoms with Crippen LogP contribution in [0, 0.1) is 5.92 Å². The summed E-state index contributed by atoms with van der Waals surface area (Å²) in [5, 5.41) is 6.08. The summed E-state index contributed by atoms with van der Waals surface area (Å²) in [4.78, 5) is 38.7. The van der Waals surface area contributed by atoms with Gasteiger partial charge < -0.3 is 15.5 Å². The molecule has 0 saturated carbocycles. The Morgan fingerprint density at radius 2 is 1.86 bits per heavy atom. The molecule has 0 aliphatic carbocycles. The highest BCUT2D eigenvalue weighted by Gasteiger charge is 2.36. The number of benzene rings is 2. The molecule has 0 radical (unpaired) electrons. The number of rotatable bonds is 5. The molecule has 0 aromatic heterocycles. The second-order valence-corrected chi connectivity index (χ2v) is 7.43. The Morgan fingerprint density at radius 3 is 2.54 bits per heavy atom. The molecule has 2 aromatic carbocycles. The molecule has 0 spiro atoms. The van der Waals surface area contributed by atoms with E-state index in [0.717, 1.165) is 5.69 Å². The molecule has 146 valence electrons. The maximum Gasteiger partial charge on any atom is 0.246 e. The lowest BCUT2D eigenvalue weighted by molar-refractivity contribution is -0.129. The van der Waals surface area contributed by atoms with E-state index < -0.39 is 17.9 Å². The summed E-state index contributed by atoms with van der Waals surface area (Å²) in [6.45, 7) is 1.86. The standard InChI is InChI=1S/C20H19Cl2N3O3/c1-12(19(27)24-17-8-7-14(21)10-16(17)22)23-20(28)13-9-18(26)25(11-13)15-5-3-2-4-6-15/h2-8,10,12-13H,9,11H2,1H3,(H,23,28)(H,24,27)/t12-,13+/m0/s1. The summed E-state index contributed by atoms with van der Waals surface area (Å²) in [6, 6.07) is 13.1. The highest BCUT2D eigenvalue weighted by Crippen LogP contribution is 2.26. The fourth-order valence-electron chi connectivity index (χ4n) is 2.97. The third-order valence-electron chi connectivity index (χ3n) is 4.50. The first kappa shape index (κ1) is 20.2. The lowest BCUT2D eigenvalue weighted by atomic mass is 10.1. The van der Waals surface area contributed by atoms with E-state index in [1.165, 1.54) is 6.07 Å². The number of amides is 3. The quantitative estimate of drug-likeness (QED) is 0.778. The van der Waals surface area contributed by atoms with Crippen molar-refractivity contribution in [1.29, 1.82) is 0 Å². The lowest BCUT2D eigenvalue weighted by Gasteiger charge is -2.18. The predicted molar refractivity (Wildman–Crippen MR) is 110 cm³/mol. The molecule has 1 aliphatic rings. The molecule has 3 amide bonds. The van der Waals surface area contributed by atoms with Gasteiger partial charge in [-0.3, -0.25) is 14.4 Å². The van der Waals surface area contributed by atoms with E-state index in [9.17, 15) is 14.4 Å². The maximum atomic E-state index is 12.5. The molecular formula is C20H19Cl2N3O3. The molecular weight excluding hydrogens is 401 g/mol. The molecule has 1 saturated heterocycles. The van der Waals surface area contributed by atoms with Crippen molar-refractivity contribution in [2.75, 3.05) is 16.8 Å². The minimum atomic E-state index is -0.792. The summed E-state index contributed by atoms with van der Waals surface area (Å²) >= 11 is 11.9. The molecule has 2 aromatic rings. The van der Waals surface area contributed by atoms with Gasteiger partial charge in [0.15, 0.2) is 0 Å². The van der Waals surface area contributed by atoms with Crippen LogP contribution in [0.1, 0.15) is 13.3 Å². The van der Waals surface area contributed by atoms with Crippen LogP contribution in [0.15, 0.2) is 48.5 Å². The number of hydrogen-bond acceptors (Lipinski definition) is 3. The molecule has 2 N–H and O–H groups in total. The Kier molecular flexibility index (Phi) is 6.21. The molecule has 3 rings (SSSR count). The first-order valence-corrected chi connectivity index (χ1v) is 9.52. The molecule has 0 unspecified atom stereocenters. The van der Waals surface area contributed by atoms with Crippen molar-refractivity contribution < 1.29 is 14.4 Å². The highest BCUT2D eigenvalue weighted by atomic mass is 35.5. The minimum absolute atomic E-state index is 0.109. The van der Waals surface area contributed by atoms with Crippen LogP contribution in [-0.4, -0.2) is 30.3 Å². The van der Waals surface area contributed by atoms with Gasteiger partial charge in [0.2, 0.25) is 17.7 Å². The number of anilines is 2. The number of nitrogens with zero attached hydrogens (tertiary/aromatic N) is 1. The zero-order chi connectivity index (χ0) is 20.3. The van der Waals surface area contributed by atoms with Crippen LogP contribution in [0.3, 0.4) is 0 Å². The second-order valence-electron chi connectivity index (χ2n) is 6.58. The van der Waals surface area contributed by atoms with Crippen molar-refractivity contribution >= 4 is 52.3 Å². The Hall–Kier alpha value is -2.57. The lowest BCUT2D eigenvalue weighted by Crippen LogP contribution is -2.44. The van der Waals surface area contributed by atoms with Gasteiger partial charge in [-0.15, -0.1) is 0 Å². The van der Waals surface area contributed by atoms with E-state index >= 15 is 0 Å². The average molecular weight is 420 g/mol. The predicted octanol–water partition coefficient (Wildman–Crippen LogP) is 3.49. The molecule has 1 fully saturated rings. The van der Waals surface area contributed by atoms with Gasteiger partial charge in [0.25, 0.3) is 0 Å². The summed E-state index contributed by atoms with van der Waals surface area (Å²) in [6.07, 6.45) is 0.109. The van der Waals surface area contributed by atoms with Gasteiger partial charge in [-0.2, -0.15) is 0 Å². The smallest absolute Gasteiger partial charge is 0.246 e. The van der Waals surface area contributed by atoms with Crippen LogP contribution in [0.5, 0.6) is 0 Å². The Labute approximate surface area is 172 Å². The summed E-state index contributed by atoms with van der Waals surface area (Å²) in [5.74, 6) is -1.38. The topological polar surface area (TPSA) is 78.5 Å². The Morgan fingerprint density at radius 1 is 1.14 bits per heavy atom. The average Bonchev–Trinajstić information content (AvgIpc) is 3.06. The van der Waals surface area contributed by atoms with Gasteiger partial charge in [0, 0.05) is 23.7 Å². The van der Waals surface area contributed by atoms with Crippen LogP contribution in [0.4, 0.5) is 11.4 Å². The van der Waals surface area contributed by atoms with Gasteiger partial charge >= 0.3 is 0 Å². The second kappa shape index (κ2) is 8.63. The fourth-order valence-corrected chi connectivity index (χ4v) is 3.43. The fraction of sp³-hybridized carbons (Fsp3) is 0.250. The first-order valence-electron chi connectivity index (χ1n) is 8.77. The first-order chi connectivity index (χ1) is 13.3.